The molecule has 0 aliphatic heterocycles. The van der Waals surface area contributed by atoms with Crippen LogP contribution in [0.15, 0.2) is 0 Å². The van der Waals surface area contributed by atoms with Crippen molar-refractivity contribution >= 4 is 0 Å². The molecule has 0 heterocycles. The SMILES string of the molecule is CCCC1CC(CCC)CC(CCC)C1.[2H]C([2H])(C)CC1CC(CC([2H])([2H])C)CC(C([2H])([2H])C([2H])([2H])C)C1. The lowest BCUT2D eigenvalue weighted by atomic mass is 9.71. The highest BCUT2D eigenvalue weighted by Crippen LogP contribution is 2.40. The van der Waals surface area contributed by atoms with Crippen LogP contribution in [0.4, 0.5) is 0 Å². The molecular weight excluding hydrogens is 360 g/mol. The Hall–Kier alpha value is 0. The second-order valence-corrected chi connectivity index (χ2v) is 10.3. The Labute approximate surface area is 204 Å². The van der Waals surface area contributed by atoms with Crippen molar-refractivity contribution in [1.29, 1.82) is 0 Å². The van der Waals surface area contributed by atoms with Gasteiger partial charge in [-0.15, -0.1) is 0 Å². The molecule has 0 aromatic rings. The normalized spacial score (nSPS) is 37.7. The standard InChI is InChI=1S/2C15H30/c2*1-4-7-13-10-14(8-5-2)12-15(11-13)9-6-3/h2*13-15H,4-12H2,1-3H3/i4D2,5D2,6D2,7D2;. The Balaban J connectivity index is 0.000000415. The third kappa shape index (κ3) is 11.6. The van der Waals surface area contributed by atoms with Crippen molar-refractivity contribution in [2.75, 3.05) is 0 Å². The molecule has 2 rings (SSSR count). The van der Waals surface area contributed by atoms with Crippen LogP contribution < -0.4 is 0 Å². The number of hydrogen-bond acceptors (Lipinski definition) is 0. The summed E-state index contributed by atoms with van der Waals surface area (Å²) in [5, 5.41) is 0. The van der Waals surface area contributed by atoms with Gasteiger partial charge in [-0.25, -0.2) is 0 Å². The summed E-state index contributed by atoms with van der Waals surface area (Å²) >= 11 is 0. The monoisotopic (exact) mass is 429 g/mol. The molecule has 2 atom stereocenters. The minimum atomic E-state index is -2.00. The first kappa shape index (κ1) is 17.5. The van der Waals surface area contributed by atoms with E-state index in [1.54, 1.807) is 19.3 Å². The van der Waals surface area contributed by atoms with Crippen LogP contribution in [0.5, 0.6) is 0 Å². The first-order valence-electron chi connectivity index (χ1n) is 17.3. The van der Waals surface area contributed by atoms with Crippen molar-refractivity contribution in [3.05, 3.63) is 0 Å². The van der Waals surface area contributed by atoms with Crippen LogP contribution in [0.2, 0.25) is 0 Å². The molecule has 2 unspecified atom stereocenters. The van der Waals surface area contributed by atoms with Gasteiger partial charge in [0.2, 0.25) is 0 Å². The fourth-order valence-corrected chi connectivity index (χ4v) is 6.43. The summed E-state index contributed by atoms with van der Waals surface area (Å²) in [6.45, 7) is 11.3. The first-order chi connectivity index (χ1) is 17.3. The summed E-state index contributed by atoms with van der Waals surface area (Å²) in [6.07, 6.45) is 8.87. The minimum absolute atomic E-state index is 0.0291. The van der Waals surface area contributed by atoms with Gasteiger partial charge >= 0.3 is 0 Å². The average Bonchev–Trinajstić information content (AvgIpc) is 2.71. The maximum atomic E-state index is 8.22. The number of rotatable bonds is 12. The molecule has 0 bridgehead atoms. The Morgan fingerprint density at radius 3 is 1.00 bits per heavy atom. The molecule has 30 heavy (non-hydrogen) atoms. The van der Waals surface area contributed by atoms with Crippen LogP contribution in [-0.4, -0.2) is 0 Å². The maximum Gasteiger partial charge on any atom is 0.0269 e. The van der Waals surface area contributed by atoms with Crippen molar-refractivity contribution in [2.45, 2.75) is 157 Å². The van der Waals surface area contributed by atoms with E-state index in [9.17, 15) is 0 Å². The van der Waals surface area contributed by atoms with Crippen molar-refractivity contribution < 1.29 is 11.0 Å². The van der Waals surface area contributed by atoms with Gasteiger partial charge in [0.25, 0.3) is 0 Å². The molecule has 2 aliphatic carbocycles. The van der Waals surface area contributed by atoms with E-state index in [1.165, 1.54) is 59.3 Å². The van der Waals surface area contributed by atoms with Crippen LogP contribution in [0, 0.1) is 35.5 Å². The highest BCUT2D eigenvalue weighted by molar-refractivity contribution is 4.79. The molecule has 0 nitrogen and oxygen atoms in total. The highest BCUT2D eigenvalue weighted by Gasteiger charge is 2.28. The van der Waals surface area contributed by atoms with Gasteiger partial charge < -0.3 is 0 Å². The lowest BCUT2D eigenvalue weighted by Crippen LogP contribution is -2.22. The van der Waals surface area contributed by atoms with Gasteiger partial charge in [0, 0.05) is 11.0 Å². The lowest BCUT2D eigenvalue weighted by molar-refractivity contribution is 0.169. The fourth-order valence-electron chi connectivity index (χ4n) is 6.43. The van der Waals surface area contributed by atoms with Gasteiger partial charge in [-0.3, -0.25) is 0 Å². The predicted molar refractivity (Wildman–Crippen MR) is 138 cm³/mol. The topological polar surface area (TPSA) is 0 Å². The van der Waals surface area contributed by atoms with Gasteiger partial charge in [-0.2, -0.15) is 0 Å². The summed E-state index contributed by atoms with van der Waals surface area (Å²) in [5.41, 5.74) is 0. The van der Waals surface area contributed by atoms with Gasteiger partial charge in [0.05, 0.1) is 0 Å². The van der Waals surface area contributed by atoms with E-state index in [2.05, 4.69) is 20.8 Å². The molecule has 0 spiro atoms. The second kappa shape index (κ2) is 17.5. The molecule has 0 radical (unpaired) electrons. The second-order valence-electron chi connectivity index (χ2n) is 10.3. The van der Waals surface area contributed by atoms with Gasteiger partial charge in [0.1, 0.15) is 0 Å². The van der Waals surface area contributed by atoms with E-state index in [1.807, 2.05) is 0 Å². The Bertz CT molecular complexity index is 588. The van der Waals surface area contributed by atoms with E-state index < -0.39 is 31.4 Å². The molecule has 0 heteroatoms. The predicted octanol–water partition coefficient (Wildman–Crippen LogP) is 10.8. The third-order valence-corrected chi connectivity index (χ3v) is 7.33. The van der Waals surface area contributed by atoms with Gasteiger partial charge in [0.15, 0.2) is 0 Å². The molecular formula is C30H60. The van der Waals surface area contributed by atoms with Crippen LogP contribution in [0.1, 0.15) is 168 Å². The minimum Gasteiger partial charge on any atom is -0.0654 e. The van der Waals surface area contributed by atoms with E-state index in [4.69, 9.17) is 11.0 Å². The van der Waals surface area contributed by atoms with Crippen LogP contribution in [0.3, 0.4) is 0 Å². The van der Waals surface area contributed by atoms with Crippen molar-refractivity contribution in [3.8, 4) is 0 Å². The van der Waals surface area contributed by atoms with Crippen molar-refractivity contribution in [2.24, 2.45) is 35.5 Å². The molecule has 0 amide bonds. The van der Waals surface area contributed by atoms with Crippen molar-refractivity contribution in [3.63, 3.8) is 0 Å². The smallest absolute Gasteiger partial charge is 0.0269 e. The van der Waals surface area contributed by atoms with E-state index >= 15 is 0 Å². The summed E-state index contributed by atoms with van der Waals surface area (Å²) in [7, 11) is 0. The maximum absolute atomic E-state index is 8.22. The molecule has 0 saturated heterocycles. The Kier molecular flexibility index (Phi) is 10.2. The third-order valence-electron chi connectivity index (χ3n) is 7.33. The molecule has 0 N–H and O–H groups in total. The molecule has 0 aromatic heterocycles. The Morgan fingerprint density at radius 1 is 0.433 bits per heavy atom. The van der Waals surface area contributed by atoms with Gasteiger partial charge in [-0.1, -0.05) is 118 Å². The first-order valence-corrected chi connectivity index (χ1v) is 13.3. The molecule has 2 aliphatic rings. The van der Waals surface area contributed by atoms with Crippen LogP contribution in [-0.2, 0) is 0 Å². The van der Waals surface area contributed by atoms with Crippen LogP contribution in [0.25, 0.3) is 0 Å². The molecule has 2 saturated carbocycles. The number of hydrogen-bond donors (Lipinski definition) is 0. The lowest BCUT2D eigenvalue weighted by Gasteiger charge is -2.35. The summed E-state index contributed by atoms with van der Waals surface area (Å²) in [6, 6.07) is 0. The average molecular weight is 429 g/mol. The van der Waals surface area contributed by atoms with Crippen molar-refractivity contribution in [1.82, 2.24) is 0 Å². The fraction of sp³-hybridized carbons (Fsp3) is 1.00. The quantitative estimate of drug-likeness (QED) is 0.290. The highest BCUT2D eigenvalue weighted by atomic mass is 14.3. The summed E-state index contributed by atoms with van der Waals surface area (Å²) < 4.78 is 63.2. The van der Waals surface area contributed by atoms with E-state index in [-0.39, 0.29) is 11.8 Å². The largest absolute Gasteiger partial charge is 0.0654 e. The van der Waals surface area contributed by atoms with Crippen LogP contribution >= 0.6 is 0 Å². The summed E-state index contributed by atoms with van der Waals surface area (Å²) in [4.78, 5) is 0. The molecule has 2 fully saturated rings. The zero-order valence-corrected chi connectivity index (χ0v) is 21.4. The zero-order valence-electron chi connectivity index (χ0n) is 29.4. The van der Waals surface area contributed by atoms with E-state index in [0.717, 1.165) is 17.8 Å². The van der Waals surface area contributed by atoms with Gasteiger partial charge in [-0.05, 0) is 74.0 Å². The van der Waals surface area contributed by atoms with E-state index in [0.29, 0.717) is 32.1 Å². The Morgan fingerprint density at radius 2 is 0.733 bits per heavy atom. The summed E-state index contributed by atoms with van der Waals surface area (Å²) in [5.74, 6) is 2.64. The molecule has 0 aromatic carbocycles. The zero-order chi connectivity index (χ0) is 29.4. The molecule has 180 valence electrons.